The fourth-order valence-corrected chi connectivity index (χ4v) is 6.64. The molecule has 0 radical (unpaired) electrons. The smallest absolute Gasteiger partial charge is 0.338 e. The molecule has 0 aliphatic carbocycles. The number of furan rings is 1. The van der Waals surface area contributed by atoms with Gasteiger partial charge in [0.25, 0.3) is 5.56 Å². The third kappa shape index (κ3) is 5.06. The van der Waals surface area contributed by atoms with Gasteiger partial charge in [0.1, 0.15) is 5.76 Å². The van der Waals surface area contributed by atoms with Crippen molar-refractivity contribution in [2.24, 2.45) is 4.99 Å². The second-order valence-electron chi connectivity index (χ2n) is 9.97. The lowest BCUT2D eigenvalue weighted by Gasteiger charge is -2.26. The number of nitrogens with zero attached hydrogens (tertiary/aromatic N) is 3. The Labute approximate surface area is 234 Å². The van der Waals surface area contributed by atoms with Crippen LogP contribution < -0.4 is 19.8 Å². The third-order valence-corrected chi connectivity index (χ3v) is 8.59. The molecule has 5 rings (SSSR count). The Morgan fingerprint density at radius 2 is 1.95 bits per heavy atom. The van der Waals surface area contributed by atoms with Gasteiger partial charge in [0.2, 0.25) is 5.88 Å². The predicted octanol–water partition coefficient (Wildman–Crippen LogP) is 5.27. The molecular formula is C29H32BrN3O4S. The monoisotopic (exact) mass is 597 g/mol. The number of halogens is 1. The molecule has 200 valence electrons. The molecule has 0 bridgehead atoms. The van der Waals surface area contributed by atoms with Crippen molar-refractivity contribution in [1.29, 1.82) is 0 Å². The van der Waals surface area contributed by atoms with Crippen molar-refractivity contribution in [3.8, 4) is 0 Å². The van der Waals surface area contributed by atoms with E-state index in [1.807, 2.05) is 18.2 Å². The van der Waals surface area contributed by atoms with E-state index in [1.165, 1.54) is 23.3 Å². The van der Waals surface area contributed by atoms with Gasteiger partial charge in [-0.15, -0.1) is 0 Å². The molecule has 1 saturated heterocycles. The molecule has 2 aromatic heterocycles. The molecule has 1 atom stereocenters. The number of hydrogen-bond donors (Lipinski definition) is 0. The zero-order valence-corrected chi connectivity index (χ0v) is 24.5. The van der Waals surface area contributed by atoms with Crippen molar-refractivity contribution in [1.82, 2.24) is 4.57 Å². The maximum atomic E-state index is 13.8. The van der Waals surface area contributed by atoms with Crippen molar-refractivity contribution in [3.05, 3.63) is 82.6 Å². The van der Waals surface area contributed by atoms with Crippen molar-refractivity contribution >= 4 is 45.2 Å². The van der Waals surface area contributed by atoms with Crippen LogP contribution in [0.1, 0.15) is 75.8 Å². The summed E-state index contributed by atoms with van der Waals surface area (Å²) in [6, 6.07) is 9.36. The Bertz CT molecular complexity index is 1560. The Hall–Kier alpha value is -2.91. The summed E-state index contributed by atoms with van der Waals surface area (Å²) in [5.41, 5.74) is 2.76. The first-order valence-electron chi connectivity index (χ1n) is 13.1. The standard InChI is InChI=1S/C29H32BrN3O4S/c1-5-36-28(35)24-18(4)31-29-33(25(24)20-11-9-19(10-12-20)17(2)3)26(34)23(38-29)16-21-15-22(30)27(37-21)32-13-7-6-8-14-32/h9-12,15-17,25H,5-8,13-14H2,1-4H3/b23-16+/t25-/m0/s1. The second kappa shape index (κ2) is 11.1. The molecule has 9 heteroatoms. The van der Waals surface area contributed by atoms with E-state index in [0.717, 1.165) is 41.9 Å². The van der Waals surface area contributed by atoms with Crippen LogP contribution in [0, 0.1) is 0 Å². The SMILES string of the molecule is CCOC(=O)C1=C(C)N=c2s/c(=C/c3cc(Br)c(N4CCCCC4)o3)c(=O)n2[C@H]1c1ccc(C(C)C)cc1. The highest BCUT2D eigenvalue weighted by Crippen LogP contribution is 2.33. The number of ether oxygens (including phenoxy) is 1. The maximum Gasteiger partial charge on any atom is 0.338 e. The number of allylic oxidation sites excluding steroid dienone is 1. The van der Waals surface area contributed by atoms with Gasteiger partial charge in [-0.1, -0.05) is 49.4 Å². The zero-order chi connectivity index (χ0) is 27.0. The van der Waals surface area contributed by atoms with Crippen molar-refractivity contribution in [3.63, 3.8) is 0 Å². The highest BCUT2D eigenvalue weighted by Gasteiger charge is 2.33. The van der Waals surface area contributed by atoms with Gasteiger partial charge < -0.3 is 14.1 Å². The van der Waals surface area contributed by atoms with Gasteiger partial charge in [0.15, 0.2) is 4.80 Å². The van der Waals surface area contributed by atoms with Crippen LogP contribution in [0.5, 0.6) is 0 Å². The normalized spacial score (nSPS) is 18.1. The minimum atomic E-state index is -0.624. The number of rotatable bonds is 6. The lowest BCUT2D eigenvalue weighted by atomic mass is 9.93. The fraction of sp³-hybridized carbons (Fsp3) is 0.414. The van der Waals surface area contributed by atoms with E-state index in [0.29, 0.717) is 32.3 Å². The molecular weight excluding hydrogens is 566 g/mol. The summed E-state index contributed by atoms with van der Waals surface area (Å²) in [6.45, 7) is 10.00. The van der Waals surface area contributed by atoms with E-state index in [1.54, 1.807) is 24.5 Å². The molecule has 1 fully saturated rings. The number of fused-ring (bicyclic) bond motifs is 1. The average Bonchev–Trinajstić information content (AvgIpc) is 3.42. The third-order valence-electron chi connectivity index (χ3n) is 7.04. The summed E-state index contributed by atoms with van der Waals surface area (Å²) in [5, 5.41) is 0. The molecule has 3 aromatic rings. The van der Waals surface area contributed by atoms with Crippen LogP contribution in [0.4, 0.5) is 5.88 Å². The number of benzene rings is 1. The van der Waals surface area contributed by atoms with Gasteiger partial charge in [-0.25, -0.2) is 9.79 Å². The Morgan fingerprint density at radius 3 is 2.61 bits per heavy atom. The number of aromatic nitrogens is 1. The Balaban J connectivity index is 1.62. The molecule has 1 aromatic carbocycles. The summed E-state index contributed by atoms with van der Waals surface area (Å²) >= 11 is 4.93. The van der Waals surface area contributed by atoms with Gasteiger partial charge >= 0.3 is 5.97 Å². The van der Waals surface area contributed by atoms with Crippen LogP contribution in [0.25, 0.3) is 6.08 Å². The van der Waals surface area contributed by atoms with Crippen LogP contribution in [-0.2, 0) is 9.53 Å². The summed E-state index contributed by atoms with van der Waals surface area (Å²) < 4.78 is 14.6. The molecule has 0 spiro atoms. The van der Waals surface area contributed by atoms with Crippen LogP contribution in [0.2, 0.25) is 0 Å². The number of carbonyl (C=O) groups excluding carboxylic acids is 1. The van der Waals surface area contributed by atoms with E-state index in [4.69, 9.17) is 9.15 Å². The van der Waals surface area contributed by atoms with Gasteiger partial charge in [-0.3, -0.25) is 9.36 Å². The van der Waals surface area contributed by atoms with Gasteiger partial charge in [-0.2, -0.15) is 0 Å². The molecule has 0 saturated carbocycles. The van der Waals surface area contributed by atoms with E-state index in [-0.39, 0.29) is 12.2 Å². The quantitative estimate of drug-likeness (QED) is 0.362. The summed E-state index contributed by atoms with van der Waals surface area (Å²) in [6.07, 6.45) is 5.28. The minimum Gasteiger partial charge on any atom is -0.463 e. The number of hydrogen-bond acceptors (Lipinski definition) is 7. The van der Waals surface area contributed by atoms with Gasteiger partial charge in [0.05, 0.1) is 32.9 Å². The van der Waals surface area contributed by atoms with Crippen molar-refractivity contribution < 1.29 is 13.9 Å². The molecule has 7 nitrogen and oxygen atoms in total. The van der Waals surface area contributed by atoms with E-state index >= 15 is 0 Å². The highest BCUT2D eigenvalue weighted by atomic mass is 79.9. The second-order valence-corrected chi connectivity index (χ2v) is 11.8. The maximum absolute atomic E-state index is 13.8. The predicted molar refractivity (Wildman–Crippen MR) is 153 cm³/mol. The number of thiazole rings is 1. The topological polar surface area (TPSA) is 77.0 Å². The fourth-order valence-electron chi connectivity index (χ4n) is 5.06. The van der Waals surface area contributed by atoms with E-state index in [2.05, 4.69) is 51.8 Å². The summed E-state index contributed by atoms with van der Waals surface area (Å²) in [5.74, 6) is 1.31. The van der Waals surface area contributed by atoms with E-state index < -0.39 is 12.0 Å². The first-order valence-corrected chi connectivity index (χ1v) is 14.7. The van der Waals surface area contributed by atoms with Crippen molar-refractivity contribution in [2.45, 2.75) is 58.9 Å². The van der Waals surface area contributed by atoms with Gasteiger partial charge in [0, 0.05) is 25.2 Å². The van der Waals surface area contributed by atoms with Crippen LogP contribution in [0.3, 0.4) is 0 Å². The molecule has 2 aliphatic rings. The largest absolute Gasteiger partial charge is 0.463 e. The lowest BCUT2D eigenvalue weighted by molar-refractivity contribution is -0.139. The average molecular weight is 599 g/mol. The van der Waals surface area contributed by atoms with Crippen LogP contribution in [-0.4, -0.2) is 30.2 Å². The number of esters is 1. The lowest BCUT2D eigenvalue weighted by Crippen LogP contribution is -2.39. The summed E-state index contributed by atoms with van der Waals surface area (Å²) in [4.78, 5) is 34.4. The van der Waals surface area contributed by atoms with Crippen LogP contribution in [0.15, 0.2) is 60.3 Å². The Kier molecular flexibility index (Phi) is 7.77. The molecule has 4 heterocycles. The first-order chi connectivity index (χ1) is 18.3. The molecule has 38 heavy (non-hydrogen) atoms. The zero-order valence-electron chi connectivity index (χ0n) is 22.1. The molecule has 2 aliphatic heterocycles. The number of anilines is 1. The molecule has 0 unspecified atom stereocenters. The molecule has 0 N–H and O–H groups in total. The van der Waals surface area contributed by atoms with Crippen LogP contribution >= 0.6 is 27.3 Å². The molecule has 0 amide bonds. The number of carbonyl (C=O) groups is 1. The minimum absolute atomic E-state index is 0.215. The van der Waals surface area contributed by atoms with Gasteiger partial charge in [-0.05, 0) is 66.1 Å². The summed E-state index contributed by atoms with van der Waals surface area (Å²) in [7, 11) is 0. The van der Waals surface area contributed by atoms with Crippen molar-refractivity contribution in [2.75, 3.05) is 24.6 Å². The number of piperidine rings is 1. The first kappa shape index (κ1) is 26.7. The van der Waals surface area contributed by atoms with E-state index in [9.17, 15) is 9.59 Å². The highest BCUT2D eigenvalue weighted by molar-refractivity contribution is 9.10. The Morgan fingerprint density at radius 1 is 1.24 bits per heavy atom.